The van der Waals surface area contributed by atoms with E-state index in [9.17, 15) is 9.90 Å². The van der Waals surface area contributed by atoms with Crippen LogP contribution in [0.3, 0.4) is 0 Å². The molecule has 0 radical (unpaired) electrons. The number of carboxylic acids is 1. The summed E-state index contributed by atoms with van der Waals surface area (Å²) >= 11 is 0. The molecular formula is C10H15NO4. The molecule has 0 bridgehead atoms. The first kappa shape index (κ1) is 13.2. The number of hydrogen-bond acceptors (Lipinski definition) is 4. The molecule has 0 amide bonds. The fourth-order valence-corrected chi connectivity index (χ4v) is 1.16. The van der Waals surface area contributed by atoms with Gasteiger partial charge in [-0.05, 0) is 17.7 Å². The second-order valence-electron chi connectivity index (χ2n) is 2.74. The van der Waals surface area contributed by atoms with Crippen LogP contribution in [-0.4, -0.2) is 20.2 Å². The van der Waals surface area contributed by atoms with Crippen LogP contribution >= 0.6 is 0 Å². The summed E-state index contributed by atoms with van der Waals surface area (Å²) in [6.45, 7) is 0. The molecule has 0 aromatic heterocycles. The highest BCUT2D eigenvalue weighted by Gasteiger charge is 2.04. The van der Waals surface area contributed by atoms with E-state index in [4.69, 9.17) is 9.47 Å². The maximum Gasteiger partial charge on any atom is 0.160 e. The van der Waals surface area contributed by atoms with Crippen LogP contribution < -0.4 is 20.7 Å². The SMILES string of the molecule is COc1ccc(CC(=O)[O-])cc1OC.[NH4+]. The molecule has 1 aromatic carbocycles. The van der Waals surface area contributed by atoms with Crippen molar-refractivity contribution in [2.24, 2.45) is 0 Å². The third-order valence-electron chi connectivity index (χ3n) is 1.80. The van der Waals surface area contributed by atoms with Gasteiger partial charge in [0, 0.05) is 12.4 Å². The van der Waals surface area contributed by atoms with Crippen molar-refractivity contribution in [3.05, 3.63) is 23.8 Å². The number of aliphatic carboxylic acids is 1. The lowest BCUT2D eigenvalue weighted by atomic mass is 10.1. The molecule has 0 aliphatic heterocycles. The topological polar surface area (TPSA) is 95.1 Å². The molecule has 0 spiro atoms. The van der Waals surface area contributed by atoms with Crippen LogP contribution in [0.1, 0.15) is 5.56 Å². The maximum atomic E-state index is 10.3. The van der Waals surface area contributed by atoms with E-state index in [0.717, 1.165) is 0 Å². The summed E-state index contributed by atoms with van der Waals surface area (Å²) in [4.78, 5) is 10.3. The summed E-state index contributed by atoms with van der Waals surface area (Å²) < 4.78 is 10.0. The Morgan fingerprint density at radius 3 is 2.33 bits per heavy atom. The third kappa shape index (κ3) is 3.47. The molecule has 0 saturated heterocycles. The van der Waals surface area contributed by atoms with Crippen molar-refractivity contribution < 1.29 is 19.4 Å². The number of methoxy groups -OCH3 is 2. The van der Waals surface area contributed by atoms with Crippen LogP contribution in [0.5, 0.6) is 11.5 Å². The summed E-state index contributed by atoms with van der Waals surface area (Å²) in [6.07, 6.45) is -0.125. The number of benzene rings is 1. The molecule has 0 unspecified atom stereocenters. The van der Waals surface area contributed by atoms with Gasteiger partial charge in [-0.15, -0.1) is 0 Å². The minimum absolute atomic E-state index is 0. The molecule has 0 heterocycles. The monoisotopic (exact) mass is 213 g/mol. The third-order valence-corrected chi connectivity index (χ3v) is 1.80. The number of rotatable bonds is 4. The standard InChI is InChI=1S/C10H12O4.H3N/c1-13-8-4-3-7(6-10(11)12)5-9(8)14-2;/h3-5H,6H2,1-2H3,(H,11,12);1H3. The summed E-state index contributed by atoms with van der Waals surface area (Å²) in [5.74, 6) is -0.0157. The Balaban J connectivity index is 0.00000196. The van der Waals surface area contributed by atoms with Crippen molar-refractivity contribution in [1.29, 1.82) is 0 Å². The Labute approximate surface area is 88.2 Å². The van der Waals surface area contributed by atoms with Gasteiger partial charge in [0.1, 0.15) is 0 Å². The van der Waals surface area contributed by atoms with Crippen molar-refractivity contribution in [1.82, 2.24) is 6.15 Å². The van der Waals surface area contributed by atoms with Gasteiger partial charge in [0.2, 0.25) is 0 Å². The van der Waals surface area contributed by atoms with Gasteiger partial charge in [0.05, 0.1) is 14.2 Å². The van der Waals surface area contributed by atoms with Crippen LogP contribution in [0, 0.1) is 0 Å². The molecule has 1 aromatic rings. The lowest BCUT2D eigenvalue weighted by Gasteiger charge is -2.09. The van der Waals surface area contributed by atoms with E-state index in [-0.39, 0.29) is 12.6 Å². The fraction of sp³-hybridized carbons (Fsp3) is 0.300. The van der Waals surface area contributed by atoms with Gasteiger partial charge in [0.15, 0.2) is 11.5 Å². The van der Waals surface area contributed by atoms with E-state index in [1.165, 1.54) is 14.2 Å². The number of carboxylic acid groups (broad SMARTS) is 1. The van der Waals surface area contributed by atoms with Gasteiger partial charge in [-0.3, -0.25) is 0 Å². The summed E-state index contributed by atoms with van der Waals surface area (Å²) in [5, 5.41) is 10.3. The predicted octanol–water partition coefficient (Wildman–Crippen LogP) is 0.372. The van der Waals surface area contributed by atoms with Gasteiger partial charge >= 0.3 is 0 Å². The highest BCUT2D eigenvalue weighted by molar-refractivity contribution is 5.68. The average Bonchev–Trinajstić information content (AvgIpc) is 2.16. The van der Waals surface area contributed by atoms with E-state index < -0.39 is 5.97 Å². The Morgan fingerprint density at radius 1 is 1.27 bits per heavy atom. The van der Waals surface area contributed by atoms with Crippen LogP contribution in [0.4, 0.5) is 0 Å². The van der Waals surface area contributed by atoms with Gasteiger partial charge < -0.3 is 25.5 Å². The van der Waals surface area contributed by atoms with Crippen molar-refractivity contribution in [3.8, 4) is 11.5 Å². The van der Waals surface area contributed by atoms with Crippen LogP contribution in [0.25, 0.3) is 0 Å². The summed E-state index contributed by atoms with van der Waals surface area (Å²) in [6, 6.07) is 4.95. The highest BCUT2D eigenvalue weighted by atomic mass is 16.5. The van der Waals surface area contributed by atoms with Crippen molar-refractivity contribution in [2.45, 2.75) is 6.42 Å². The molecule has 5 heteroatoms. The lowest BCUT2D eigenvalue weighted by Crippen LogP contribution is -2.24. The Hall–Kier alpha value is -1.75. The van der Waals surface area contributed by atoms with E-state index in [2.05, 4.69) is 0 Å². The van der Waals surface area contributed by atoms with Crippen molar-refractivity contribution >= 4 is 5.97 Å². The molecule has 0 fully saturated rings. The van der Waals surface area contributed by atoms with Gasteiger partial charge in [0.25, 0.3) is 0 Å². The quantitative estimate of drug-likeness (QED) is 0.781. The Kier molecular flexibility index (Phi) is 5.19. The summed E-state index contributed by atoms with van der Waals surface area (Å²) in [7, 11) is 3.02. The fourth-order valence-electron chi connectivity index (χ4n) is 1.16. The molecule has 0 aliphatic rings. The highest BCUT2D eigenvalue weighted by Crippen LogP contribution is 2.27. The lowest BCUT2D eigenvalue weighted by molar-refractivity contribution is -0.304. The molecule has 15 heavy (non-hydrogen) atoms. The van der Waals surface area contributed by atoms with Gasteiger partial charge in [-0.25, -0.2) is 0 Å². The number of carbonyl (C=O) groups excluding carboxylic acids is 1. The zero-order valence-corrected chi connectivity index (χ0v) is 9.07. The van der Waals surface area contributed by atoms with Gasteiger partial charge in [-0.1, -0.05) is 6.07 Å². The van der Waals surface area contributed by atoms with Crippen LogP contribution in [-0.2, 0) is 11.2 Å². The van der Waals surface area contributed by atoms with E-state index in [1.807, 2.05) is 0 Å². The molecule has 5 nitrogen and oxygen atoms in total. The zero-order chi connectivity index (χ0) is 10.6. The largest absolute Gasteiger partial charge is 0.550 e. The van der Waals surface area contributed by atoms with E-state index in [0.29, 0.717) is 17.1 Å². The van der Waals surface area contributed by atoms with E-state index in [1.54, 1.807) is 18.2 Å². The summed E-state index contributed by atoms with van der Waals surface area (Å²) in [5.41, 5.74) is 0.627. The molecule has 1 rings (SSSR count). The molecule has 0 saturated carbocycles. The smallest absolute Gasteiger partial charge is 0.160 e. The second kappa shape index (κ2) is 5.87. The number of ether oxygens (including phenoxy) is 2. The molecule has 84 valence electrons. The first-order valence-electron chi connectivity index (χ1n) is 4.08. The van der Waals surface area contributed by atoms with Gasteiger partial charge in [-0.2, -0.15) is 0 Å². The number of carbonyl (C=O) groups is 1. The first-order valence-corrected chi connectivity index (χ1v) is 4.08. The minimum atomic E-state index is -1.11. The first-order chi connectivity index (χ1) is 6.67. The predicted molar refractivity (Wildman–Crippen MR) is 54.2 cm³/mol. The molecular weight excluding hydrogens is 198 g/mol. The van der Waals surface area contributed by atoms with E-state index >= 15 is 0 Å². The molecule has 0 aliphatic carbocycles. The van der Waals surface area contributed by atoms with Crippen molar-refractivity contribution in [2.75, 3.05) is 14.2 Å². The average molecular weight is 213 g/mol. The minimum Gasteiger partial charge on any atom is -0.550 e. The molecule has 0 atom stereocenters. The Bertz CT molecular complexity index is 338. The van der Waals surface area contributed by atoms with Crippen LogP contribution in [0.2, 0.25) is 0 Å². The Morgan fingerprint density at radius 2 is 1.87 bits per heavy atom. The zero-order valence-electron chi connectivity index (χ0n) is 9.07. The maximum absolute atomic E-state index is 10.3. The number of hydrogen-bond donors (Lipinski definition) is 1. The molecule has 4 N–H and O–H groups in total. The number of quaternary nitrogens is 1. The van der Waals surface area contributed by atoms with Crippen LogP contribution in [0.15, 0.2) is 18.2 Å². The second-order valence-corrected chi connectivity index (χ2v) is 2.74. The normalized spacial score (nSPS) is 8.93. The van der Waals surface area contributed by atoms with Crippen molar-refractivity contribution in [3.63, 3.8) is 0 Å².